The van der Waals surface area contributed by atoms with Crippen molar-refractivity contribution in [2.75, 3.05) is 53.5 Å². The van der Waals surface area contributed by atoms with Gasteiger partial charge < -0.3 is 20.3 Å². The van der Waals surface area contributed by atoms with Gasteiger partial charge in [-0.25, -0.2) is 0 Å². The number of amides is 1. The normalized spacial score (nSPS) is 18.6. The SMILES string of the molecule is CC(C)CN(CCN(C)C)C(=O)C1(CN)CCOCC1. The van der Waals surface area contributed by atoms with Crippen LogP contribution in [0.2, 0.25) is 0 Å². The molecule has 0 spiro atoms. The Labute approximate surface area is 123 Å². The number of hydrogen-bond acceptors (Lipinski definition) is 4. The lowest BCUT2D eigenvalue weighted by Gasteiger charge is -2.39. The summed E-state index contributed by atoms with van der Waals surface area (Å²) < 4.78 is 5.40. The van der Waals surface area contributed by atoms with Gasteiger partial charge in [-0.3, -0.25) is 4.79 Å². The van der Waals surface area contributed by atoms with Crippen LogP contribution in [0.3, 0.4) is 0 Å². The van der Waals surface area contributed by atoms with Gasteiger partial charge in [0, 0.05) is 39.4 Å². The van der Waals surface area contributed by atoms with Crippen molar-refractivity contribution in [3.8, 4) is 0 Å². The molecule has 0 aromatic heterocycles. The quantitative estimate of drug-likeness (QED) is 0.751. The van der Waals surface area contributed by atoms with Crippen molar-refractivity contribution >= 4 is 5.91 Å². The van der Waals surface area contributed by atoms with Crippen LogP contribution in [0.5, 0.6) is 0 Å². The average molecular weight is 285 g/mol. The Balaban J connectivity index is 2.78. The van der Waals surface area contributed by atoms with E-state index in [0.29, 0.717) is 25.7 Å². The second kappa shape index (κ2) is 7.96. The summed E-state index contributed by atoms with van der Waals surface area (Å²) in [5.74, 6) is 0.689. The molecule has 0 aliphatic carbocycles. The van der Waals surface area contributed by atoms with Crippen LogP contribution in [0.25, 0.3) is 0 Å². The fourth-order valence-electron chi connectivity index (χ4n) is 2.64. The summed E-state index contributed by atoms with van der Waals surface area (Å²) in [5, 5.41) is 0. The summed E-state index contributed by atoms with van der Waals surface area (Å²) >= 11 is 0. The van der Waals surface area contributed by atoms with Crippen LogP contribution in [0.1, 0.15) is 26.7 Å². The number of nitrogens with zero attached hydrogens (tertiary/aromatic N) is 2. The third-order valence-electron chi connectivity index (χ3n) is 3.98. The lowest BCUT2D eigenvalue weighted by molar-refractivity contribution is -0.148. The Morgan fingerprint density at radius 2 is 1.85 bits per heavy atom. The molecule has 1 fully saturated rings. The van der Waals surface area contributed by atoms with Crippen molar-refractivity contribution in [1.29, 1.82) is 0 Å². The second-order valence-corrected chi connectivity index (χ2v) is 6.55. The summed E-state index contributed by atoms with van der Waals surface area (Å²) in [4.78, 5) is 17.1. The van der Waals surface area contributed by atoms with E-state index in [1.165, 1.54) is 0 Å². The van der Waals surface area contributed by atoms with Crippen molar-refractivity contribution in [1.82, 2.24) is 9.80 Å². The first kappa shape index (κ1) is 17.4. The standard InChI is InChI=1S/C15H31N3O2/c1-13(2)11-18(8-7-17(3)4)14(19)15(12-16)5-9-20-10-6-15/h13H,5-12,16H2,1-4H3. The smallest absolute Gasteiger partial charge is 0.230 e. The molecule has 118 valence electrons. The van der Waals surface area contributed by atoms with Crippen molar-refractivity contribution < 1.29 is 9.53 Å². The summed E-state index contributed by atoms with van der Waals surface area (Å²) in [6, 6.07) is 0. The Morgan fingerprint density at radius 1 is 1.25 bits per heavy atom. The first-order valence-corrected chi connectivity index (χ1v) is 7.63. The number of rotatable bonds is 7. The molecule has 0 radical (unpaired) electrons. The van der Waals surface area contributed by atoms with Crippen LogP contribution in [0.15, 0.2) is 0 Å². The minimum absolute atomic E-state index is 0.221. The minimum atomic E-state index is -0.403. The van der Waals surface area contributed by atoms with E-state index in [1.54, 1.807) is 0 Å². The molecule has 1 rings (SSSR count). The Kier molecular flexibility index (Phi) is 6.92. The van der Waals surface area contributed by atoms with Gasteiger partial charge in [0.15, 0.2) is 0 Å². The van der Waals surface area contributed by atoms with E-state index in [1.807, 2.05) is 19.0 Å². The fraction of sp³-hybridized carbons (Fsp3) is 0.933. The minimum Gasteiger partial charge on any atom is -0.381 e. The van der Waals surface area contributed by atoms with Crippen molar-refractivity contribution in [2.45, 2.75) is 26.7 Å². The predicted octanol–water partition coefficient (Wildman–Crippen LogP) is 0.788. The maximum absolute atomic E-state index is 13.0. The van der Waals surface area contributed by atoms with E-state index < -0.39 is 5.41 Å². The van der Waals surface area contributed by atoms with Crippen LogP contribution in [0.4, 0.5) is 0 Å². The molecule has 0 unspecified atom stereocenters. The van der Waals surface area contributed by atoms with Gasteiger partial charge in [-0.05, 0) is 32.9 Å². The predicted molar refractivity (Wildman–Crippen MR) is 81.5 cm³/mol. The number of nitrogens with two attached hydrogens (primary N) is 1. The molecule has 1 aliphatic rings. The molecular formula is C15H31N3O2. The summed E-state index contributed by atoms with van der Waals surface area (Å²) in [5.41, 5.74) is 5.55. The van der Waals surface area contributed by atoms with Crippen molar-refractivity contribution in [3.05, 3.63) is 0 Å². The summed E-state index contributed by atoms with van der Waals surface area (Å²) in [6.07, 6.45) is 1.50. The molecule has 1 heterocycles. The molecular weight excluding hydrogens is 254 g/mol. The number of likely N-dealkylation sites (N-methyl/N-ethyl adjacent to an activating group) is 1. The zero-order valence-corrected chi connectivity index (χ0v) is 13.5. The van der Waals surface area contributed by atoms with Gasteiger partial charge >= 0.3 is 0 Å². The summed E-state index contributed by atoms with van der Waals surface area (Å²) in [7, 11) is 4.07. The highest BCUT2D eigenvalue weighted by atomic mass is 16.5. The van der Waals surface area contributed by atoms with E-state index in [2.05, 4.69) is 18.7 Å². The third-order valence-corrected chi connectivity index (χ3v) is 3.98. The fourth-order valence-corrected chi connectivity index (χ4v) is 2.64. The summed E-state index contributed by atoms with van der Waals surface area (Å²) in [6.45, 7) is 8.46. The highest BCUT2D eigenvalue weighted by Crippen LogP contribution is 2.31. The maximum Gasteiger partial charge on any atom is 0.230 e. The molecule has 1 amide bonds. The number of ether oxygens (including phenoxy) is 1. The van der Waals surface area contributed by atoms with E-state index >= 15 is 0 Å². The van der Waals surface area contributed by atoms with Crippen LogP contribution in [-0.4, -0.2) is 69.2 Å². The highest BCUT2D eigenvalue weighted by Gasteiger charge is 2.41. The van der Waals surface area contributed by atoms with Gasteiger partial charge in [0.25, 0.3) is 0 Å². The van der Waals surface area contributed by atoms with E-state index in [9.17, 15) is 4.79 Å². The first-order valence-electron chi connectivity index (χ1n) is 7.63. The zero-order chi connectivity index (χ0) is 15.2. The molecule has 0 atom stereocenters. The molecule has 20 heavy (non-hydrogen) atoms. The van der Waals surface area contributed by atoms with E-state index in [-0.39, 0.29) is 5.91 Å². The first-order chi connectivity index (χ1) is 9.41. The highest BCUT2D eigenvalue weighted by molar-refractivity contribution is 5.83. The number of carbonyl (C=O) groups excluding carboxylic acids is 1. The Morgan fingerprint density at radius 3 is 2.30 bits per heavy atom. The molecule has 0 aromatic rings. The van der Waals surface area contributed by atoms with Gasteiger partial charge in [0.05, 0.1) is 5.41 Å². The van der Waals surface area contributed by atoms with E-state index in [4.69, 9.17) is 10.5 Å². The topological polar surface area (TPSA) is 58.8 Å². The molecule has 2 N–H and O–H groups in total. The average Bonchev–Trinajstić information content (AvgIpc) is 2.42. The number of carbonyl (C=O) groups is 1. The Hall–Kier alpha value is -0.650. The number of hydrogen-bond donors (Lipinski definition) is 1. The van der Waals surface area contributed by atoms with Crippen LogP contribution in [-0.2, 0) is 9.53 Å². The maximum atomic E-state index is 13.0. The molecule has 0 aromatic carbocycles. The van der Waals surface area contributed by atoms with Gasteiger partial charge in [0.1, 0.15) is 0 Å². The molecule has 0 saturated carbocycles. The van der Waals surface area contributed by atoms with Crippen LogP contribution >= 0.6 is 0 Å². The van der Waals surface area contributed by atoms with E-state index in [0.717, 1.165) is 32.5 Å². The molecule has 1 aliphatic heterocycles. The van der Waals surface area contributed by atoms with Gasteiger partial charge in [-0.15, -0.1) is 0 Å². The van der Waals surface area contributed by atoms with Crippen molar-refractivity contribution in [2.24, 2.45) is 17.1 Å². The second-order valence-electron chi connectivity index (χ2n) is 6.55. The lowest BCUT2D eigenvalue weighted by atomic mass is 9.78. The Bertz CT molecular complexity index is 299. The molecule has 0 bridgehead atoms. The van der Waals surface area contributed by atoms with Gasteiger partial charge in [-0.2, -0.15) is 0 Å². The molecule has 5 nitrogen and oxygen atoms in total. The molecule has 1 saturated heterocycles. The monoisotopic (exact) mass is 285 g/mol. The van der Waals surface area contributed by atoms with Crippen LogP contribution < -0.4 is 5.73 Å². The van der Waals surface area contributed by atoms with Gasteiger partial charge in [0.2, 0.25) is 5.91 Å². The zero-order valence-electron chi connectivity index (χ0n) is 13.5. The third kappa shape index (κ3) is 4.72. The lowest BCUT2D eigenvalue weighted by Crippen LogP contribution is -2.52. The van der Waals surface area contributed by atoms with Crippen LogP contribution in [0, 0.1) is 11.3 Å². The largest absolute Gasteiger partial charge is 0.381 e. The van der Waals surface area contributed by atoms with Gasteiger partial charge in [-0.1, -0.05) is 13.8 Å². The van der Waals surface area contributed by atoms with Crippen molar-refractivity contribution in [3.63, 3.8) is 0 Å². The molecule has 5 heteroatoms.